The van der Waals surface area contributed by atoms with Crippen molar-refractivity contribution in [3.8, 4) is 69.9 Å². The van der Waals surface area contributed by atoms with Gasteiger partial charge in [-0.15, -0.1) is 19.9 Å². The highest BCUT2D eigenvalue weighted by Gasteiger charge is 2.15. The van der Waals surface area contributed by atoms with E-state index < -0.39 is 0 Å². The Morgan fingerprint density at radius 2 is 0.500 bits per heavy atom. The van der Waals surface area contributed by atoms with Crippen molar-refractivity contribution >= 4 is 0 Å². The fraction of sp³-hybridized carbons (Fsp3) is 0.236. The molecule has 11 nitrogen and oxygen atoms in total. The van der Waals surface area contributed by atoms with Crippen LogP contribution in [0.15, 0.2) is 146 Å². The second-order valence-corrected chi connectivity index (χ2v) is 16.0. The average molecular weight is 879 g/mol. The SMILES string of the molecule is CCCc1ccc(Oc2nc(Cc3ccc(-c4ccc(Oc5nc(Oc6ccc(CCC)cc6)nc(Oc6ccc(CCC)cc6)n5)cc4)cc3)nc(Oc3ccc(CCC)cc3)n2)cc1. The van der Waals surface area contributed by atoms with Crippen molar-refractivity contribution in [2.45, 2.75) is 85.5 Å². The molecule has 0 fully saturated rings. The number of benzene rings is 6. The number of aromatic nitrogens is 6. The number of ether oxygens (including phenoxy) is 5. The molecule has 66 heavy (non-hydrogen) atoms. The molecule has 0 saturated heterocycles. The summed E-state index contributed by atoms with van der Waals surface area (Å²) in [5.74, 6) is 3.52. The van der Waals surface area contributed by atoms with E-state index in [1.165, 1.54) is 22.3 Å². The third-order valence-corrected chi connectivity index (χ3v) is 10.6. The highest BCUT2D eigenvalue weighted by molar-refractivity contribution is 5.64. The first-order chi connectivity index (χ1) is 32.4. The second kappa shape index (κ2) is 22.3. The summed E-state index contributed by atoms with van der Waals surface area (Å²) in [6, 6.07) is 48.2. The lowest BCUT2D eigenvalue weighted by atomic mass is 10.0. The minimum atomic E-state index is 0.0347. The Kier molecular flexibility index (Phi) is 15.2. The van der Waals surface area contributed by atoms with Crippen LogP contribution in [0.25, 0.3) is 11.1 Å². The van der Waals surface area contributed by atoms with Gasteiger partial charge in [-0.2, -0.15) is 9.97 Å². The monoisotopic (exact) mass is 878 g/mol. The van der Waals surface area contributed by atoms with E-state index in [4.69, 9.17) is 33.7 Å². The molecule has 0 aliphatic rings. The zero-order valence-corrected chi connectivity index (χ0v) is 37.9. The van der Waals surface area contributed by atoms with Crippen molar-refractivity contribution in [3.63, 3.8) is 0 Å². The molecule has 0 aliphatic carbocycles. The van der Waals surface area contributed by atoms with Crippen LogP contribution in [0, 0.1) is 0 Å². The van der Waals surface area contributed by atoms with Crippen LogP contribution >= 0.6 is 0 Å². The van der Waals surface area contributed by atoms with Gasteiger partial charge in [-0.3, -0.25) is 0 Å². The van der Waals surface area contributed by atoms with Crippen LogP contribution in [0.5, 0.6) is 58.8 Å². The first kappa shape index (κ1) is 44.9. The molecule has 0 radical (unpaired) electrons. The molecule has 0 bridgehead atoms. The van der Waals surface area contributed by atoms with Gasteiger partial charge in [0.15, 0.2) is 0 Å². The summed E-state index contributed by atoms with van der Waals surface area (Å²) in [4.78, 5) is 27.3. The third-order valence-electron chi connectivity index (χ3n) is 10.6. The van der Waals surface area contributed by atoms with Gasteiger partial charge in [0.05, 0.1) is 0 Å². The summed E-state index contributed by atoms with van der Waals surface area (Å²) in [6.45, 7) is 8.64. The number of rotatable bonds is 21. The molecule has 0 spiro atoms. The zero-order chi connectivity index (χ0) is 45.5. The molecule has 0 unspecified atom stereocenters. The molecule has 11 heteroatoms. The van der Waals surface area contributed by atoms with E-state index in [0.29, 0.717) is 41.0 Å². The Morgan fingerprint density at radius 3 is 0.773 bits per heavy atom. The Bertz CT molecular complexity index is 2430. The number of hydrogen-bond donors (Lipinski definition) is 0. The van der Waals surface area contributed by atoms with Crippen molar-refractivity contribution < 1.29 is 23.7 Å². The Hall–Kier alpha value is -7.66. The largest absolute Gasteiger partial charge is 0.424 e. The quantitative estimate of drug-likeness (QED) is 0.0685. The molecule has 0 amide bonds. The van der Waals surface area contributed by atoms with Crippen LogP contribution < -0.4 is 23.7 Å². The fourth-order valence-corrected chi connectivity index (χ4v) is 7.30. The van der Waals surface area contributed by atoms with Crippen LogP contribution in [0.4, 0.5) is 0 Å². The van der Waals surface area contributed by atoms with E-state index >= 15 is 0 Å². The molecule has 0 atom stereocenters. The first-order valence-corrected chi connectivity index (χ1v) is 22.9. The van der Waals surface area contributed by atoms with Crippen LogP contribution in [0.1, 0.15) is 87.0 Å². The van der Waals surface area contributed by atoms with E-state index in [1.807, 2.05) is 97.1 Å². The van der Waals surface area contributed by atoms with E-state index in [9.17, 15) is 0 Å². The van der Waals surface area contributed by atoms with Gasteiger partial charge < -0.3 is 23.7 Å². The molecule has 2 heterocycles. The maximum atomic E-state index is 6.18. The van der Waals surface area contributed by atoms with Gasteiger partial charge in [0, 0.05) is 6.42 Å². The van der Waals surface area contributed by atoms with Gasteiger partial charge >= 0.3 is 30.1 Å². The Labute approximate surface area is 386 Å². The standard InChI is InChI=1S/C55H54N6O5/c1-5-9-38-15-27-45(28-16-38)62-51-56-50(57-52(58-51)63-46-29-17-39(10-6-2)18-30-46)37-42-13-23-43(24-14-42)44-25-35-49(36-26-44)66-55-60-53(64-47-31-19-40(11-7-3)20-32-47)59-54(61-55)65-48-33-21-41(12-8-4)22-34-48/h13-36H,5-12,37H2,1-4H3. The summed E-state index contributed by atoms with van der Waals surface area (Å²) in [5, 5.41) is 0. The van der Waals surface area contributed by atoms with Crippen LogP contribution in [0.2, 0.25) is 0 Å². The van der Waals surface area contributed by atoms with Crippen LogP contribution in [-0.4, -0.2) is 29.9 Å². The second-order valence-electron chi connectivity index (χ2n) is 16.0. The number of hydrogen-bond acceptors (Lipinski definition) is 11. The molecule has 8 rings (SSSR count). The van der Waals surface area contributed by atoms with E-state index in [0.717, 1.165) is 68.1 Å². The highest BCUT2D eigenvalue weighted by Crippen LogP contribution is 2.30. The van der Waals surface area contributed by atoms with Crippen molar-refractivity contribution in [3.05, 3.63) is 179 Å². The maximum Gasteiger partial charge on any atom is 0.331 e. The van der Waals surface area contributed by atoms with Gasteiger partial charge in [-0.1, -0.05) is 138 Å². The molecule has 0 aliphatic heterocycles. The van der Waals surface area contributed by atoms with Gasteiger partial charge in [0.2, 0.25) is 0 Å². The van der Waals surface area contributed by atoms with Crippen molar-refractivity contribution in [1.29, 1.82) is 0 Å². The molecule has 6 aromatic carbocycles. The zero-order valence-electron chi connectivity index (χ0n) is 37.9. The lowest BCUT2D eigenvalue weighted by Crippen LogP contribution is -2.04. The van der Waals surface area contributed by atoms with Gasteiger partial charge in [-0.25, -0.2) is 0 Å². The number of nitrogens with zero attached hydrogens (tertiary/aromatic N) is 6. The Balaban J connectivity index is 0.969. The molecular weight excluding hydrogens is 825 g/mol. The summed E-state index contributed by atoms with van der Waals surface area (Å²) in [6.07, 6.45) is 8.69. The summed E-state index contributed by atoms with van der Waals surface area (Å²) >= 11 is 0. The van der Waals surface area contributed by atoms with E-state index in [-0.39, 0.29) is 30.1 Å². The van der Waals surface area contributed by atoms with Crippen LogP contribution in [-0.2, 0) is 32.1 Å². The summed E-state index contributed by atoms with van der Waals surface area (Å²) < 4.78 is 30.6. The van der Waals surface area contributed by atoms with Crippen LogP contribution in [0.3, 0.4) is 0 Å². The minimum Gasteiger partial charge on any atom is -0.424 e. The topological polar surface area (TPSA) is 123 Å². The van der Waals surface area contributed by atoms with Crippen molar-refractivity contribution in [1.82, 2.24) is 29.9 Å². The van der Waals surface area contributed by atoms with Gasteiger partial charge in [0.25, 0.3) is 0 Å². The Morgan fingerprint density at radius 1 is 0.273 bits per heavy atom. The highest BCUT2D eigenvalue weighted by atomic mass is 16.5. The number of aryl methyl sites for hydroxylation is 4. The lowest BCUT2D eigenvalue weighted by Gasteiger charge is -2.11. The van der Waals surface area contributed by atoms with Crippen molar-refractivity contribution in [2.24, 2.45) is 0 Å². The minimum absolute atomic E-state index is 0.0347. The molecule has 8 aromatic rings. The van der Waals surface area contributed by atoms with E-state index in [2.05, 4.69) is 96.2 Å². The molecule has 334 valence electrons. The summed E-state index contributed by atoms with van der Waals surface area (Å²) in [5.41, 5.74) is 7.98. The third kappa shape index (κ3) is 12.7. The maximum absolute atomic E-state index is 6.18. The van der Waals surface area contributed by atoms with E-state index in [1.54, 1.807) is 0 Å². The van der Waals surface area contributed by atoms with Gasteiger partial charge in [-0.05, 0) is 125 Å². The summed E-state index contributed by atoms with van der Waals surface area (Å²) in [7, 11) is 0. The molecule has 0 saturated carbocycles. The normalized spacial score (nSPS) is 11.0. The predicted molar refractivity (Wildman–Crippen MR) is 256 cm³/mol. The fourth-order valence-electron chi connectivity index (χ4n) is 7.30. The molecule has 2 aromatic heterocycles. The average Bonchev–Trinajstić information content (AvgIpc) is 3.32. The predicted octanol–water partition coefficient (Wildman–Crippen LogP) is 14.1. The molecular formula is C55H54N6O5. The lowest BCUT2D eigenvalue weighted by molar-refractivity contribution is 0.362. The first-order valence-electron chi connectivity index (χ1n) is 22.9. The molecule has 0 N–H and O–H groups in total. The van der Waals surface area contributed by atoms with Crippen molar-refractivity contribution in [2.75, 3.05) is 0 Å². The van der Waals surface area contributed by atoms with Gasteiger partial charge in [0.1, 0.15) is 34.6 Å². The smallest absolute Gasteiger partial charge is 0.331 e.